The first-order valence-electron chi connectivity index (χ1n) is 7.19. The third kappa shape index (κ3) is 4.01. The summed E-state index contributed by atoms with van der Waals surface area (Å²) in [6.45, 7) is 6.63. The van der Waals surface area contributed by atoms with E-state index in [0.29, 0.717) is 0 Å². The molecule has 0 N–H and O–H groups in total. The van der Waals surface area contributed by atoms with Gasteiger partial charge in [0.15, 0.2) is 0 Å². The molecule has 0 amide bonds. The van der Waals surface area contributed by atoms with Gasteiger partial charge in [0.2, 0.25) is 0 Å². The fraction of sp³-hybridized carbons (Fsp3) is 0.688. The van der Waals surface area contributed by atoms with Crippen molar-refractivity contribution in [1.29, 1.82) is 0 Å². The summed E-state index contributed by atoms with van der Waals surface area (Å²) in [7, 11) is 4.17. The van der Waals surface area contributed by atoms with Crippen molar-refractivity contribution < 1.29 is 0 Å². The van der Waals surface area contributed by atoms with Crippen LogP contribution in [0.4, 0.5) is 5.82 Å². The maximum Gasteiger partial charge on any atom is 0.131 e. The smallest absolute Gasteiger partial charge is 0.131 e. The molecule has 0 aliphatic carbocycles. The van der Waals surface area contributed by atoms with Crippen LogP contribution in [-0.4, -0.2) is 19.1 Å². The van der Waals surface area contributed by atoms with Crippen molar-refractivity contribution in [3.8, 4) is 0 Å². The summed E-state index contributed by atoms with van der Waals surface area (Å²) in [6.07, 6.45) is 7.03. The standard InChI is InChI=1S/C16H27N2/c1-6-8-10-14-12-13(3)15(11-9-7-2)16(17-14)18(4)5/h6-11H2,1-5H3. The highest BCUT2D eigenvalue weighted by molar-refractivity contribution is 5.50. The third-order valence-electron chi connectivity index (χ3n) is 3.27. The topological polar surface area (TPSA) is 16.1 Å². The van der Waals surface area contributed by atoms with E-state index in [2.05, 4.69) is 45.8 Å². The van der Waals surface area contributed by atoms with Crippen molar-refractivity contribution in [2.45, 2.75) is 59.3 Å². The predicted molar refractivity (Wildman–Crippen MR) is 79.4 cm³/mol. The van der Waals surface area contributed by atoms with E-state index in [4.69, 9.17) is 4.98 Å². The SMILES string of the molecule is CCCCc1[c]c(C)c(CCCC)c(N(C)C)n1. The normalized spacial score (nSPS) is 10.7. The van der Waals surface area contributed by atoms with Crippen molar-refractivity contribution in [2.24, 2.45) is 0 Å². The van der Waals surface area contributed by atoms with Crippen LogP contribution in [0.1, 0.15) is 56.4 Å². The molecule has 0 saturated heterocycles. The fourth-order valence-corrected chi connectivity index (χ4v) is 2.17. The molecule has 0 unspecified atom stereocenters. The fourth-order valence-electron chi connectivity index (χ4n) is 2.17. The minimum atomic E-state index is 1.05. The second kappa shape index (κ2) is 7.40. The number of anilines is 1. The van der Waals surface area contributed by atoms with Gasteiger partial charge in [0.05, 0.1) is 5.69 Å². The summed E-state index contributed by atoms with van der Waals surface area (Å²) >= 11 is 0. The number of pyridine rings is 1. The molecule has 1 heterocycles. The second-order valence-corrected chi connectivity index (χ2v) is 5.21. The van der Waals surface area contributed by atoms with Crippen molar-refractivity contribution in [3.05, 3.63) is 22.9 Å². The van der Waals surface area contributed by atoms with Gasteiger partial charge < -0.3 is 4.90 Å². The molecule has 1 aromatic heterocycles. The van der Waals surface area contributed by atoms with Crippen LogP contribution in [0, 0.1) is 13.0 Å². The van der Waals surface area contributed by atoms with E-state index in [0.717, 1.165) is 24.4 Å². The first-order valence-corrected chi connectivity index (χ1v) is 7.19. The van der Waals surface area contributed by atoms with E-state index in [1.807, 2.05) is 0 Å². The van der Waals surface area contributed by atoms with Gasteiger partial charge in [-0.05, 0) is 43.7 Å². The van der Waals surface area contributed by atoms with Gasteiger partial charge in [0.1, 0.15) is 5.82 Å². The summed E-state index contributed by atoms with van der Waals surface area (Å²) in [6, 6.07) is 3.48. The summed E-state index contributed by atoms with van der Waals surface area (Å²) in [5.41, 5.74) is 3.79. The van der Waals surface area contributed by atoms with Gasteiger partial charge in [-0.1, -0.05) is 26.7 Å². The van der Waals surface area contributed by atoms with Gasteiger partial charge in [0, 0.05) is 20.2 Å². The van der Waals surface area contributed by atoms with Gasteiger partial charge in [0.25, 0.3) is 0 Å². The molecule has 0 bridgehead atoms. The highest BCUT2D eigenvalue weighted by Crippen LogP contribution is 2.23. The van der Waals surface area contributed by atoms with Crippen LogP contribution in [0.3, 0.4) is 0 Å². The van der Waals surface area contributed by atoms with Crippen LogP contribution in [-0.2, 0) is 12.8 Å². The Kier molecular flexibility index (Phi) is 6.17. The monoisotopic (exact) mass is 247 g/mol. The van der Waals surface area contributed by atoms with E-state index >= 15 is 0 Å². The summed E-state index contributed by atoms with van der Waals surface area (Å²) in [5.74, 6) is 1.14. The van der Waals surface area contributed by atoms with Gasteiger partial charge in [-0.3, -0.25) is 0 Å². The quantitative estimate of drug-likeness (QED) is 0.725. The second-order valence-electron chi connectivity index (χ2n) is 5.21. The molecular weight excluding hydrogens is 220 g/mol. The molecule has 0 aliphatic rings. The number of hydrogen-bond acceptors (Lipinski definition) is 2. The largest absolute Gasteiger partial charge is 0.362 e. The number of unbranched alkanes of at least 4 members (excludes halogenated alkanes) is 2. The zero-order valence-corrected chi connectivity index (χ0v) is 12.6. The molecule has 0 atom stereocenters. The van der Waals surface area contributed by atoms with E-state index in [1.165, 1.54) is 36.8 Å². The Labute approximate surface area is 112 Å². The average molecular weight is 247 g/mol. The van der Waals surface area contributed by atoms with E-state index in [-0.39, 0.29) is 0 Å². The molecule has 0 aromatic carbocycles. The minimum absolute atomic E-state index is 1.05. The van der Waals surface area contributed by atoms with Crippen LogP contribution < -0.4 is 4.90 Å². The predicted octanol–water partition coefficient (Wildman–Crippen LogP) is 3.94. The molecule has 0 spiro atoms. The van der Waals surface area contributed by atoms with E-state index in [9.17, 15) is 0 Å². The first-order chi connectivity index (χ1) is 8.60. The number of rotatable bonds is 7. The van der Waals surface area contributed by atoms with Crippen molar-refractivity contribution in [3.63, 3.8) is 0 Å². The minimum Gasteiger partial charge on any atom is -0.362 e. The van der Waals surface area contributed by atoms with Crippen LogP contribution in [0.5, 0.6) is 0 Å². The zero-order valence-electron chi connectivity index (χ0n) is 12.6. The Hall–Kier alpha value is -1.05. The average Bonchev–Trinajstić information content (AvgIpc) is 2.34. The van der Waals surface area contributed by atoms with Crippen LogP contribution >= 0.6 is 0 Å². The molecule has 1 aromatic rings. The first kappa shape index (κ1) is 15.0. The number of aryl methyl sites for hydroxylation is 2. The summed E-state index contributed by atoms with van der Waals surface area (Å²) < 4.78 is 0. The molecule has 101 valence electrons. The number of hydrogen-bond donors (Lipinski definition) is 0. The van der Waals surface area contributed by atoms with Gasteiger partial charge >= 0.3 is 0 Å². The lowest BCUT2D eigenvalue weighted by Gasteiger charge is -2.19. The maximum absolute atomic E-state index is 4.79. The van der Waals surface area contributed by atoms with E-state index < -0.39 is 0 Å². The highest BCUT2D eigenvalue weighted by Gasteiger charge is 2.11. The van der Waals surface area contributed by atoms with E-state index in [1.54, 1.807) is 0 Å². The Morgan fingerprint density at radius 2 is 1.67 bits per heavy atom. The van der Waals surface area contributed by atoms with Gasteiger partial charge in [-0.25, -0.2) is 4.98 Å². The molecule has 2 heteroatoms. The molecular formula is C16H27N2. The Morgan fingerprint density at radius 3 is 2.22 bits per heavy atom. The van der Waals surface area contributed by atoms with Gasteiger partial charge in [-0.15, -0.1) is 0 Å². The lowest BCUT2D eigenvalue weighted by molar-refractivity contribution is 0.758. The van der Waals surface area contributed by atoms with Crippen LogP contribution in [0.15, 0.2) is 0 Å². The lowest BCUT2D eigenvalue weighted by atomic mass is 10.0. The van der Waals surface area contributed by atoms with Crippen LogP contribution in [0.2, 0.25) is 0 Å². The number of nitrogens with zero attached hydrogens (tertiary/aromatic N) is 2. The van der Waals surface area contributed by atoms with Crippen LogP contribution in [0.25, 0.3) is 0 Å². The third-order valence-corrected chi connectivity index (χ3v) is 3.27. The molecule has 2 nitrogen and oxygen atoms in total. The molecule has 1 rings (SSSR count). The molecule has 1 radical (unpaired) electrons. The van der Waals surface area contributed by atoms with Gasteiger partial charge in [-0.2, -0.15) is 0 Å². The summed E-state index contributed by atoms with van der Waals surface area (Å²) in [4.78, 5) is 6.93. The Balaban J connectivity index is 3.02. The molecule has 0 fully saturated rings. The molecule has 0 aliphatic heterocycles. The lowest BCUT2D eigenvalue weighted by Crippen LogP contribution is -2.15. The van der Waals surface area contributed by atoms with Crippen molar-refractivity contribution in [2.75, 3.05) is 19.0 Å². The maximum atomic E-state index is 4.79. The molecule has 0 saturated carbocycles. The molecule has 18 heavy (non-hydrogen) atoms. The van der Waals surface area contributed by atoms with Crippen molar-refractivity contribution in [1.82, 2.24) is 4.98 Å². The summed E-state index contributed by atoms with van der Waals surface area (Å²) in [5, 5.41) is 0. The van der Waals surface area contributed by atoms with Crippen molar-refractivity contribution >= 4 is 5.82 Å². The number of aromatic nitrogens is 1. The zero-order chi connectivity index (χ0) is 13.5. The highest BCUT2D eigenvalue weighted by atomic mass is 15.1. The Morgan fingerprint density at radius 1 is 1.06 bits per heavy atom. The Bertz CT molecular complexity index is 370.